The number of nitro groups is 1. The van der Waals surface area contributed by atoms with Crippen LogP contribution in [0.4, 0.5) is 11.4 Å². The summed E-state index contributed by atoms with van der Waals surface area (Å²) in [4.78, 5) is 22.3. The Labute approximate surface area is 135 Å². The molecular weight excluding hydrogens is 320 g/mol. The van der Waals surface area contributed by atoms with Gasteiger partial charge in [-0.2, -0.15) is 0 Å². The fourth-order valence-electron chi connectivity index (χ4n) is 1.93. The Morgan fingerprint density at radius 3 is 2.74 bits per heavy atom. The Kier molecular flexibility index (Phi) is 4.24. The zero-order valence-electron chi connectivity index (χ0n) is 12.2. The number of anilines is 1. The van der Waals surface area contributed by atoms with Gasteiger partial charge in [0.1, 0.15) is 0 Å². The van der Waals surface area contributed by atoms with E-state index in [1.807, 2.05) is 0 Å². The number of nitrogens with zero attached hydrogens (tertiary/aromatic N) is 5. The molecule has 1 aromatic carbocycles. The van der Waals surface area contributed by atoms with Crippen LogP contribution in [0.25, 0.3) is 0 Å². The first kappa shape index (κ1) is 15.4. The number of benzene rings is 1. The molecule has 2 aromatic rings. The number of nitrogens with one attached hydrogen (secondary N) is 1. The summed E-state index contributed by atoms with van der Waals surface area (Å²) in [7, 11) is 0. The number of thioether (sulfide) groups is 1. The van der Waals surface area contributed by atoms with Gasteiger partial charge in [0, 0.05) is 17.8 Å². The van der Waals surface area contributed by atoms with Gasteiger partial charge in [-0.1, -0.05) is 11.8 Å². The molecule has 3 rings (SSSR count). The van der Waals surface area contributed by atoms with Gasteiger partial charge in [-0.25, -0.2) is 4.68 Å². The van der Waals surface area contributed by atoms with Crippen molar-refractivity contribution in [3.63, 3.8) is 0 Å². The number of hydrogen-bond donors (Lipinski definition) is 1. The fraction of sp³-hybridized carbons (Fsp3) is 0.385. The van der Waals surface area contributed by atoms with Gasteiger partial charge in [-0.15, -0.1) is 5.10 Å². The van der Waals surface area contributed by atoms with Crippen molar-refractivity contribution in [1.82, 2.24) is 20.2 Å². The number of hydrogen-bond acceptors (Lipinski definition) is 7. The molecule has 120 valence electrons. The third-order valence-corrected chi connectivity index (χ3v) is 4.40. The number of carbonyl (C=O) groups excluding carboxylic acids is 1. The summed E-state index contributed by atoms with van der Waals surface area (Å²) in [5.74, 6) is -0.214. The zero-order chi connectivity index (χ0) is 16.4. The normalized spacial score (nSPS) is 15.2. The number of amides is 1. The SMILES string of the molecule is CC(Sc1nnnn1C1CC1)C(=O)Nc1ccc([N+](=O)[O-])cc1. The monoisotopic (exact) mass is 334 g/mol. The second-order valence-corrected chi connectivity index (χ2v) is 6.50. The lowest BCUT2D eigenvalue weighted by Crippen LogP contribution is -2.23. The van der Waals surface area contributed by atoms with E-state index in [9.17, 15) is 14.9 Å². The summed E-state index contributed by atoms with van der Waals surface area (Å²) in [6.45, 7) is 1.76. The van der Waals surface area contributed by atoms with Crippen molar-refractivity contribution in [2.45, 2.75) is 36.2 Å². The summed E-state index contributed by atoms with van der Waals surface area (Å²) in [5.41, 5.74) is 0.490. The minimum atomic E-state index is -0.484. The van der Waals surface area contributed by atoms with Crippen molar-refractivity contribution in [1.29, 1.82) is 0 Å². The molecule has 0 bridgehead atoms. The van der Waals surface area contributed by atoms with Crippen LogP contribution in [0.5, 0.6) is 0 Å². The molecule has 1 unspecified atom stereocenters. The Hall–Kier alpha value is -2.49. The van der Waals surface area contributed by atoms with Crippen molar-refractivity contribution in [2.24, 2.45) is 0 Å². The maximum Gasteiger partial charge on any atom is 0.269 e. The summed E-state index contributed by atoms with van der Waals surface area (Å²) in [5, 5.41) is 25.1. The Morgan fingerprint density at radius 1 is 1.43 bits per heavy atom. The summed E-state index contributed by atoms with van der Waals surface area (Å²) in [6.07, 6.45) is 2.12. The molecule has 1 aliphatic rings. The predicted molar refractivity (Wildman–Crippen MR) is 83.1 cm³/mol. The lowest BCUT2D eigenvalue weighted by Gasteiger charge is -2.11. The molecule has 0 spiro atoms. The molecule has 1 amide bonds. The zero-order valence-corrected chi connectivity index (χ0v) is 13.1. The van der Waals surface area contributed by atoms with Gasteiger partial charge in [-0.3, -0.25) is 14.9 Å². The van der Waals surface area contributed by atoms with Gasteiger partial charge in [0.15, 0.2) is 0 Å². The van der Waals surface area contributed by atoms with Crippen LogP contribution in [0.3, 0.4) is 0 Å². The molecule has 0 saturated heterocycles. The van der Waals surface area contributed by atoms with Crippen molar-refractivity contribution in [2.75, 3.05) is 5.32 Å². The minimum absolute atomic E-state index is 0.0194. The molecule has 0 radical (unpaired) electrons. The molecule has 1 aliphatic carbocycles. The van der Waals surface area contributed by atoms with E-state index in [4.69, 9.17) is 0 Å². The van der Waals surface area contributed by atoms with E-state index >= 15 is 0 Å². The summed E-state index contributed by atoms with van der Waals surface area (Å²) >= 11 is 1.29. The molecule has 1 heterocycles. The maximum absolute atomic E-state index is 12.2. The third kappa shape index (κ3) is 3.65. The average Bonchev–Trinajstić information content (AvgIpc) is 3.27. The van der Waals surface area contributed by atoms with Gasteiger partial charge in [0.2, 0.25) is 11.1 Å². The van der Waals surface area contributed by atoms with Crippen molar-refractivity contribution < 1.29 is 9.72 Å². The molecule has 1 N–H and O–H groups in total. The molecule has 10 heteroatoms. The number of non-ortho nitro benzene ring substituents is 1. The highest BCUT2D eigenvalue weighted by Crippen LogP contribution is 2.37. The molecule has 0 aliphatic heterocycles. The predicted octanol–water partition coefficient (Wildman–Crippen LogP) is 2.04. The highest BCUT2D eigenvalue weighted by atomic mass is 32.2. The van der Waals surface area contributed by atoms with Crippen LogP contribution >= 0.6 is 11.8 Å². The van der Waals surface area contributed by atoms with Crippen molar-refractivity contribution in [3.05, 3.63) is 34.4 Å². The molecular formula is C13H14N6O3S. The van der Waals surface area contributed by atoms with E-state index in [1.54, 1.807) is 11.6 Å². The van der Waals surface area contributed by atoms with Gasteiger partial charge in [0.05, 0.1) is 16.2 Å². The lowest BCUT2D eigenvalue weighted by atomic mass is 10.3. The number of tetrazole rings is 1. The van der Waals surface area contributed by atoms with Gasteiger partial charge >= 0.3 is 0 Å². The Bertz CT molecular complexity index is 728. The molecule has 9 nitrogen and oxygen atoms in total. The molecule has 1 saturated carbocycles. The first-order valence-corrected chi connectivity index (χ1v) is 7.92. The topological polar surface area (TPSA) is 116 Å². The highest BCUT2D eigenvalue weighted by molar-refractivity contribution is 8.00. The fourth-order valence-corrected chi connectivity index (χ4v) is 2.79. The van der Waals surface area contributed by atoms with E-state index in [1.165, 1.54) is 36.0 Å². The van der Waals surface area contributed by atoms with Crippen LogP contribution in [0.1, 0.15) is 25.8 Å². The summed E-state index contributed by atoms with van der Waals surface area (Å²) in [6, 6.07) is 6.04. The van der Waals surface area contributed by atoms with Crippen LogP contribution in [-0.2, 0) is 4.79 Å². The second-order valence-electron chi connectivity index (χ2n) is 5.19. The first-order chi connectivity index (χ1) is 11.0. The third-order valence-electron chi connectivity index (χ3n) is 3.35. The van der Waals surface area contributed by atoms with E-state index < -0.39 is 10.2 Å². The lowest BCUT2D eigenvalue weighted by molar-refractivity contribution is -0.384. The highest BCUT2D eigenvalue weighted by Gasteiger charge is 2.29. The maximum atomic E-state index is 12.2. The number of aromatic nitrogens is 4. The first-order valence-electron chi connectivity index (χ1n) is 7.04. The van der Waals surface area contributed by atoms with E-state index in [0.29, 0.717) is 16.9 Å². The quantitative estimate of drug-likeness (QED) is 0.488. The van der Waals surface area contributed by atoms with Gasteiger partial charge < -0.3 is 5.32 Å². The van der Waals surface area contributed by atoms with Gasteiger partial charge in [-0.05, 0) is 42.3 Å². The average molecular weight is 334 g/mol. The van der Waals surface area contributed by atoms with E-state index in [-0.39, 0.29) is 11.6 Å². The van der Waals surface area contributed by atoms with E-state index in [2.05, 4.69) is 20.8 Å². The smallest absolute Gasteiger partial charge is 0.269 e. The molecule has 1 aromatic heterocycles. The second kappa shape index (κ2) is 6.32. The minimum Gasteiger partial charge on any atom is -0.325 e. The largest absolute Gasteiger partial charge is 0.325 e. The van der Waals surface area contributed by atoms with Crippen LogP contribution in [0, 0.1) is 10.1 Å². The standard InChI is InChI=1S/C13H14N6O3S/c1-8(23-13-15-16-17-18(13)10-6-7-10)12(20)14-9-2-4-11(5-3-9)19(21)22/h2-5,8,10H,6-7H2,1H3,(H,14,20). The molecule has 1 atom stereocenters. The van der Waals surface area contributed by atoms with Gasteiger partial charge in [0.25, 0.3) is 5.69 Å². The van der Waals surface area contributed by atoms with Crippen LogP contribution in [0.2, 0.25) is 0 Å². The summed E-state index contributed by atoms with van der Waals surface area (Å²) < 4.78 is 1.75. The van der Waals surface area contributed by atoms with Crippen molar-refractivity contribution >= 4 is 29.0 Å². The number of rotatable bonds is 6. The Balaban J connectivity index is 1.60. The van der Waals surface area contributed by atoms with Crippen molar-refractivity contribution in [3.8, 4) is 0 Å². The number of nitro benzene ring substituents is 1. The van der Waals surface area contributed by atoms with Crippen LogP contribution < -0.4 is 5.32 Å². The van der Waals surface area contributed by atoms with Crippen LogP contribution in [0.15, 0.2) is 29.4 Å². The number of carbonyl (C=O) groups is 1. The van der Waals surface area contributed by atoms with Crippen LogP contribution in [-0.4, -0.2) is 36.3 Å². The Morgan fingerprint density at radius 2 is 2.13 bits per heavy atom. The molecule has 23 heavy (non-hydrogen) atoms. The van der Waals surface area contributed by atoms with E-state index in [0.717, 1.165) is 12.8 Å². The molecule has 1 fully saturated rings.